The number of hydrogen-bond donors (Lipinski definition) is 4. The van der Waals surface area contributed by atoms with Crippen molar-refractivity contribution in [3.8, 4) is 0 Å². The van der Waals surface area contributed by atoms with Gasteiger partial charge in [-0.1, -0.05) is 0 Å². The van der Waals surface area contributed by atoms with Crippen molar-refractivity contribution in [2.45, 2.75) is 0 Å². The molecule has 1 aromatic heterocycles. The molecule has 0 spiro atoms. The van der Waals surface area contributed by atoms with Crippen molar-refractivity contribution in [2.24, 2.45) is 0 Å². The van der Waals surface area contributed by atoms with E-state index in [1.165, 1.54) is 6.33 Å². The highest BCUT2D eigenvalue weighted by molar-refractivity contribution is 5.98. The highest BCUT2D eigenvalue weighted by atomic mass is 16.2. The molecule has 0 fully saturated rings. The Morgan fingerprint density at radius 3 is 2.63 bits per heavy atom. The summed E-state index contributed by atoms with van der Waals surface area (Å²) >= 11 is 0. The normalized spacial score (nSPS) is 9.89. The number of H-pyrrole nitrogens is 1. The third-order valence-electron chi connectivity index (χ3n) is 2.26. The molecule has 2 aromatic rings. The number of nitrogens with one attached hydrogen (secondary N) is 3. The van der Waals surface area contributed by atoms with Gasteiger partial charge in [-0.25, -0.2) is 5.10 Å². The van der Waals surface area contributed by atoms with Crippen LogP contribution >= 0.6 is 0 Å². The molecule has 2 amide bonds. The summed E-state index contributed by atoms with van der Waals surface area (Å²) in [4.78, 5) is 26.9. The first-order valence-corrected chi connectivity index (χ1v) is 5.44. The lowest BCUT2D eigenvalue weighted by molar-refractivity contribution is -0.115. The van der Waals surface area contributed by atoms with Crippen LogP contribution in [0.4, 0.5) is 11.6 Å². The van der Waals surface area contributed by atoms with Gasteiger partial charge in [-0.15, -0.1) is 0 Å². The van der Waals surface area contributed by atoms with E-state index in [-0.39, 0.29) is 18.4 Å². The second kappa shape index (κ2) is 5.63. The van der Waals surface area contributed by atoms with Crippen LogP contribution in [0, 0.1) is 0 Å². The standard InChI is InChI=1S/C11H12N6O2/c12-8-3-1-7(2-4-8)10(19)13-5-9(18)16-11-14-6-15-17-11/h1-4,6H,5,12H2,(H,13,19)(H2,14,15,16,17,18). The second-order valence-electron chi connectivity index (χ2n) is 3.69. The Hall–Kier alpha value is -2.90. The highest BCUT2D eigenvalue weighted by Gasteiger charge is 2.08. The molecule has 0 unspecified atom stereocenters. The minimum Gasteiger partial charge on any atom is -0.399 e. The molecule has 8 nitrogen and oxygen atoms in total. The Morgan fingerprint density at radius 1 is 1.26 bits per heavy atom. The minimum atomic E-state index is -0.402. The van der Waals surface area contributed by atoms with Crippen LogP contribution in [-0.2, 0) is 4.79 Å². The number of amides is 2. The smallest absolute Gasteiger partial charge is 0.251 e. The van der Waals surface area contributed by atoms with E-state index in [4.69, 9.17) is 5.73 Å². The molecule has 1 aromatic carbocycles. The monoisotopic (exact) mass is 260 g/mol. The van der Waals surface area contributed by atoms with Crippen molar-refractivity contribution in [3.05, 3.63) is 36.2 Å². The average Bonchev–Trinajstić information content (AvgIpc) is 2.89. The zero-order valence-electron chi connectivity index (χ0n) is 9.88. The number of nitrogens with zero attached hydrogens (tertiary/aromatic N) is 2. The molecule has 0 atom stereocenters. The number of benzene rings is 1. The van der Waals surface area contributed by atoms with Crippen molar-refractivity contribution >= 4 is 23.5 Å². The summed E-state index contributed by atoms with van der Waals surface area (Å²) in [5.74, 6) is -0.528. The highest BCUT2D eigenvalue weighted by Crippen LogP contribution is 2.04. The SMILES string of the molecule is Nc1ccc(C(=O)NCC(=O)Nc2ncn[nH]2)cc1. The average molecular weight is 260 g/mol. The molecule has 1 heterocycles. The van der Waals surface area contributed by atoms with Crippen LogP contribution < -0.4 is 16.4 Å². The first kappa shape index (κ1) is 12.6. The van der Waals surface area contributed by atoms with Gasteiger partial charge in [-0.05, 0) is 24.3 Å². The lowest BCUT2D eigenvalue weighted by atomic mass is 10.2. The predicted molar refractivity (Wildman–Crippen MR) is 68.2 cm³/mol. The van der Waals surface area contributed by atoms with Crippen molar-refractivity contribution in [1.29, 1.82) is 0 Å². The van der Waals surface area contributed by atoms with Gasteiger partial charge in [0.2, 0.25) is 11.9 Å². The zero-order valence-corrected chi connectivity index (χ0v) is 9.88. The van der Waals surface area contributed by atoms with Crippen LogP contribution in [0.3, 0.4) is 0 Å². The van der Waals surface area contributed by atoms with Crippen molar-refractivity contribution in [3.63, 3.8) is 0 Å². The quantitative estimate of drug-likeness (QED) is 0.564. The van der Waals surface area contributed by atoms with E-state index in [1.807, 2.05) is 0 Å². The molecule has 0 aliphatic rings. The summed E-state index contributed by atoms with van der Waals surface area (Å²) in [6.07, 6.45) is 1.27. The fourth-order valence-corrected chi connectivity index (χ4v) is 1.34. The fourth-order valence-electron chi connectivity index (χ4n) is 1.34. The Balaban J connectivity index is 1.83. The van der Waals surface area contributed by atoms with Crippen LogP contribution in [0.5, 0.6) is 0 Å². The summed E-state index contributed by atoms with van der Waals surface area (Å²) in [6, 6.07) is 6.39. The molecule has 0 aliphatic carbocycles. The van der Waals surface area contributed by atoms with Crippen LogP contribution in [0.2, 0.25) is 0 Å². The molecule has 2 rings (SSSR count). The number of nitrogen functional groups attached to an aromatic ring is 1. The summed E-state index contributed by atoms with van der Waals surface area (Å²) in [7, 11) is 0. The van der Waals surface area contributed by atoms with Crippen molar-refractivity contribution < 1.29 is 9.59 Å². The predicted octanol–water partition coefficient (Wildman–Crippen LogP) is -0.245. The van der Waals surface area contributed by atoms with E-state index in [0.29, 0.717) is 11.3 Å². The Bertz CT molecular complexity index is 563. The fraction of sp³-hybridized carbons (Fsp3) is 0.0909. The maximum absolute atomic E-state index is 11.7. The number of carbonyl (C=O) groups is 2. The number of hydrogen-bond acceptors (Lipinski definition) is 5. The molecule has 0 saturated carbocycles. The summed E-state index contributed by atoms with van der Waals surface area (Å²) in [6.45, 7) is -0.163. The molecule has 19 heavy (non-hydrogen) atoms. The second-order valence-corrected chi connectivity index (χ2v) is 3.69. The van der Waals surface area contributed by atoms with E-state index in [2.05, 4.69) is 25.8 Å². The zero-order chi connectivity index (χ0) is 13.7. The van der Waals surface area contributed by atoms with Crippen molar-refractivity contribution in [1.82, 2.24) is 20.5 Å². The van der Waals surface area contributed by atoms with E-state index >= 15 is 0 Å². The lowest BCUT2D eigenvalue weighted by Gasteiger charge is -2.05. The molecule has 8 heteroatoms. The third kappa shape index (κ3) is 3.53. The summed E-state index contributed by atoms with van der Waals surface area (Å²) < 4.78 is 0. The number of nitrogens with two attached hydrogens (primary N) is 1. The maximum Gasteiger partial charge on any atom is 0.251 e. The number of aromatic amines is 1. The Kier molecular flexibility index (Phi) is 3.72. The lowest BCUT2D eigenvalue weighted by Crippen LogP contribution is -2.33. The number of anilines is 2. The van der Waals surface area contributed by atoms with Gasteiger partial charge in [0.05, 0.1) is 6.54 Å². The van der Waals surface area contributed by atoms with E-state index < -0.39 is 5.91 Å². The van der Waals surface area contributed by atoms with Gasteiger partial charge < -0.3 is 11.1 Å². The van der Waals surface area contributed by atoms with Gasteiger partial charge in [0.15, 0.2) is 0 Å². The molecular weight excluding hydrogens is 248 g/mol. The first-order valence-electron chi connectivity index (χ1n) is 5.44. The maximum atomic E-state index is 11.7. The van der Waals surface area contributed by atoms with Gasteiger partial charge in [-0.2, -0.15) is 10.1 Å². The van der Waals surface area contributed by atoms with Gasteiger partial charge >= 0.3 is 0 Å². The molecule has 0 saturated heterocycles. The minimum absolute atomic E-state index is 0.163. The number of rotatable bonds is 4. The molecule has 5 N–H and O–H groups in total. The van der Waals surface area contributed by atoms with Crippen molar-refractivity contribution in [2.75, 3.05) is 17.6 Å². The van der Waals surface area contributed by atoms with Gasteiger partial charge in [0.1, 0.15) is 6.33 Å². The largest absolute Gasteiger partial charge is 0.399 e. The first-order chi connectivity index (χ1) is 9.15. The summed E-state index contributed by atoms with van der Waals surface area (Å²) in [5, 5.41) is 11.0. The van der Waals surface area contributed by atoms with Crippen LogP contribution in [0.25, 0.3) is 0 Å². The molecule has 98 valence electrons. The molecular formula is C11H12N6O2. The Morgan fingerprint density at radius 2 is 2.00 bits per heavy atom. The molecule has 0 radical (unpaired) electrons. The summed E-state index contributed by atoms with van der Waals surface area (Å²) in [5.41, 5.74) is 6.51. The van der Waals surface area contributed by atoms with E-state index in [1.54, 1.807) is 24.3 Å². The van der Waals surface area contributed by atoms with Gasteiger partial charge in [0, 0.05) is 11.3 Å². The van der Waals surface area contributed by atoms with Gasteiger partial charge in [0.25, 0.3) is 5.91 Å². The third-order valence-corrected chi connectivity index (χ3v) is 2.26. The molecule has 0 aliphatic heterocycles. The van der Waals surface area contributed by atoms with E-state index in [9.17, 15) is 9.59 Å². The van der Waals surface area contributed by atoms with E-state index in [0.717, 1.165) is 0 Å². The van der Waals surface area contributed by atoms with Crippen LogP contribution in [0.1, 0.15) is 10.4 Å². The number of aromatic nitrogens is 3. The topological polar surface area (TPSA) is 126 Å². The van der Waals surface area contributed by atoms with Gasteiger partial charge in [-0.3, -0.25) is 14.9 Å². The Labute approximate surface area is 108 Å². The van der Waals surface area contributed by atoms with Crippen LogP contribution in [-0.4, -0.2) is 33.5 Å². The number of carbonyl (C=O) groups excluding carboxylic acids is 2. The van der Waals surface area contributed by atoms with Crippen LogP contribution in [0.15, 0.2) is 30.6 Å². The molecule has 0 bridgehead atoms.